The Hall–Kier alpha value is -1.27. The Morgan fingerprint density at radius 1 is 1.11 bits per heavy atom. The highest BCUT2D eigenvalue weighted by atomic mass is 125. The number of nitrogens with two attached hydrogens (primary N) is 1. The second-order valence-corrected chi connectivity index (χ2v) is 5.88. The molecule has 0 unspecified atom stereocenters. The number of hydrogen-bond acceptors (Lipinski definition) is 3. The molecule has 0 aromatic heterocycles. The normalized spacial score (nSPS) is 10.7. The zero-order chi connectivity index (χ0) is 13.8. The van der Waals surface area contributed by atoms with Crippen molar-refractivity contribution in [2.75, 3.05) is 19.8 Å². The summed E-state index contributed by atoms with van der Waals surface area (Å²) in [6.07, 6.45) is 0. The van der Waals surface area contributed by atoms with Crippen LogP contribution in [0.2, 0.25) is 0 Å². The molecule has 19 heavy (non-hydrogen) atoms. The first-order chi connectivity index (χ1) is 9.06. The number of anilines is 1. The van der Waals surface area contributed by atoms with E-state index in [1.807, 2.05) is 50.5 Å². The summed E-state index contributed by atoms with van der Waals surface area (Å²) in [6.45, 7) is 0.834. The number of ether oxygens (including phenoxy) is 1. The van der Waals surface area contributed by atoms with Gasteiger partial charge in [0.2, 0.25) is 0 Å². The van der Waals surface area contributed by atoms with E-state index in [-0.39, 0.29) is 0 Å². The van der Waals surface area contributed by atoms with E-state index in [4.69, 9.17) is 10.5 Å². The van der Waals surface area contributed by atoms with Crippen LogP contribution >= 0.6 is 22.6 Å². The molecule has 2 N–H and O–H groups in total. The molecule has 0 radical (unpaired) electrons. The fraction of sp³-hybridized carbons (Fsp3) is 0.200. The summed E-state index contributed by atoms with van der Waals surface area (Å²) in [7, 11) is 4.08. The van der Waals surface area contributed by atoms with Crippen LogP contribution in [0.15, 0.2) is 42.5 Å². The molecular formula is C15H17IN2O. The zero-order valence-corrected chi connectivity index (χ0v) is 13.2. The summed E-state index contributed by atoms with van der Waals surface area (Å²) < 4.78 is 7.04. The summed E-state index contributed by atoms with van der Waals surface area (Å²) in [5, 5.41) is 0. The molecule has 3 nitrogen and oxygen atoms in total. The van der Waals surface area contributed by atoms with Gasteiger partial charge in [0.25, 0.3) is 0 Å². The Morgan fingerprint density at radius 2 is 1.84 bits per heavy atom. The summed E-state index contributed by atoms with van der Waals surface area (Å²) in [4.78, 5) is 2.11. The van der Waals surface area contributed by atoms with Crippen LogP contribution < -0.4 is 10.5 Å². The average Bonchev–Trinajstić information content (AvgIpc) is 2.34. The standard InChI is InChI=1S/C15H17IN2O/c1-18(2)10-11-5-3-4-6-14(11)19-15-8-7-12(16)9-13(15)17/h3-9H,10,17H2,1-2H3/i16-2. The van der Waals surface area contributed by atoms with E-state index in [2.05, 4.69) is 33.6 Å². The minimum Gasteiger partial charge on any atom is -0.455 e. The van der Waals surface area contributed by atoms with E-state index < -0.39 is 0 Å². The van der Waals surface area contributed by atoms with Gasteiger partial charge in [-0.2, -0.15) is 0 Å². The van der Waals surface area contributed by atoms with Crippen LogP contribution in [0.3, 0.4) is 0 Å². The minimum absolute atomic E-state index is 0.659. The molecular weight excluding hydrogens is 349 g/mol. The van der Waals surface area contributed by atoms with Crippen LogP contribution in [0.5, 0.6) is 11.5 Å². The van der Waals surface area contributed by atoms with Gasteiger partial charge in [0, 0.05) is 15.7 Å². The van der Waals surface area contributed by atoms with Crippen LogP contribution in [-0.4, -0.2) is 19.0 Å². The van der Waals surface area contributed by atoms with Gasteiger partial charge in [-0.3, -0.25) is 0 Å². The fourth-order valence-electron chi connectivity index (χ4n) is 1.81. The predicted octanol–water partition coefficient (Wildman–Crippen LogP) is 3.73. The van der Waals surface area contributed by atoms with Crippen molar-refractivity contribution < 1.29 is 4.74 Å². The maximum absolute atomic E-state index is 5.98. The lowest BCUT2D eigenvalue weighted by Gasteiger charge is -2.15. The summed E-state index contributed by atoms with van der Waals surface area (Å²) in [5.74, 6) is 1.55. The zero-order valence-electron chi connectivity index (χ0n) is 11.1. The van der Waals surface area contributed by atoms with Gasteiger partial charge in [-0.15, -0.1) is 0 Å². The first kappa shape index (κ1) is 14.1. The third-order valence-corrected chi connectivity index (χ3v) is 3.32. The van der Waals surface area contributed by atoms with E-state index in [0.717, 1.165) is 21.4 Å². The van der Waals surface area contributed by atoms with Crippen molar-refractivity contribution in [3.8, 4) is 11.5 Å². The number of halogens is 1. The van der Waals surface area contributed by atoms with Gasteiger partial charge in [-0.05, 0) is 61.0 Å². The van der Waals surface area contributed by atoms with Crippen molar-refractivity contribution in [1.29, 1.82) is 0 Å². The van der Waals surface area contributed by atoms with Gasteiger partial charge in [0.05, 0.1) is 5.69 Å². The highest BCUT2D eigenvalue weighted by molar-refractivity contribution is 14.1. The molecule has 0 fully saturated rings. The topological polar surface area (TPSA) is 38.5 Å². The van der Waals surface area contributed by atoms with Crippen molar-refractivity contribution in [3.63, 3.8) is 0 Å². The lowest BCUT2D eigenvalue weighted by atomic mass is 10.2. The predicted molar refractivity (Wildman–Crippen MR) is 87.5 cm³/mol. The third kappa shape index (κ3) is 3.84. The quantitative estimate of drug-likeness (QED) is 0.662. The van der Waals surface area contributed by atoms with E-state index in [0.29, 0.717) is 11.4 Å². The van der Waals surface area contributed by atoms with Crippen LogP contribution in [0.25, 0.3) is 0 Å². The molecule has 0 atom stereocenters. The van der Waals surface area contributed by atoms with Gasteiger partial charge in [0.1, 0.15) is 11.5 Å². The van der Waals surface area contributed by atoms with Gasteiger partial charge in [-0.1, -0.05) is 18.2 Å². The minimum atomic E-state index is 0.659. The second kappa shape index (κ2) is 6.25. The third-order valence-electron chi connectivity index (χ3n) is 2.65. The molecule has 0 saturated heterocycles. The summed E-state index contributed by atoms with van der Waals surface area (Å²) in [5.41, 5.74) is 7.78. The van der Waals surface area contributed by atoms with Gasteiger partial charge < -0.3 is 15.4 Å². The molecule has 0 aliphatic carbocycles. The van der Waals surface area contributed by atoms with Crippen molar-refractivity contribution in [1.82, 2.24) is 4.90 Å². The molecule has 0 aliphatic rings. The van der Waals surface area contributed by atoms with Gasteiger partial charge in [-0.25, -0.2) is 0 Å². The van der Waals surface area contributed by atoms with E-state index in [1.54, 1.807) is 0 Å². The largest absolute Gasteiger partial charge is 0.455 e. The molecule has 2 aromatic carbocycles. The van der Waals surface area contributed by atoms with Gasteiger partial charge >= 0.3 is 0 Å². The van der Waals surface area contributed by atoms with Crippen molar-refractivity contribution >= 4 is 28.3 Å². The number of hydrogen-bond donors (Lipinski definition) is 1. The maximum atomic E-state index is 5.98. The van der Waals surface area contributed by atoms with Crippen LogP contribution in [0.4, 0.5) is 5.69 Å². The number of para-hydroxylation sites is 1. The summed E-state index contributed by atoms with van der Waals surface area (Å²) in [6, 6.07) is 13.8. The highest BCUT2D eigenvalue weighted by Gasteiger charge is 2.07. The highest BCUT2D eigenvalue weighted by Crippen LogP contribution is 2.31. The van der Waals surface area contributed by atoms with E-state index in [9.17, 15) is 0 Å². The molecule has 0 spiro atoms. The molecule has 2 aromatic rings. The fourth-order valence-corrected chi connectivity index (χ4v) is 2.32. The number of nitrogens with zero attached hydrogens (tertiary/aromatic N) is 1. The van der Waals surface area contributed by atoms with E-state index in [1.165, 1.54) is 0 Å². The number of rotatable bonds is 4. The Bertz CT molecular complexity index is 570. The van der Waals surface area contributed by atoms with Crippen molar-refractivity contribution in [2.24, 2.45) is 0 Å². The average molecular weight is 366 g/mol. The molecule has 2 rings (SSSR count). The maximum Gasteiger partial charge on any atom is 0.150 e. The lowest BCUT2D eigenvalue weighted by molar-refractivity contribution is 0.389. The second-order valence-electron chi connectivity index (χ2n) is 4.63. The Morgan fingerprint density at radius 3 is 2.53 bits per heavy atom. The molecule has 0 amide bonds. The lowest BCUT2D eigenvalue weighted by Crippen LogP contribution is -2.11. The van der Waals surface area contributed by atoms with Crippen molar-refractivity contribution in [2.45, 2.75) is 6.54 Å². The first-order valence-corrected chi connectivity index (χ1v) is 7.09. The molecule has 0 aliphatic heterocycles. The molecule has 0 saturated carbocycles. The Kier molecular flexibility index (Phi) is 4.66. The molecule has 0 bridgehead atoms. The SMILES string of the molecule is CN(C)Cc1ccccc1Oc1ccc([125I])cc1N. The number of nitrogen functional groups attached to an aromatic ring is 1. The van der Waals surface area contributed by atoms with Crippen molar-refractivity contribution in [3.05, 3.63) is 51.6 Å². The molecule has 0 heterocycles. The molecule has 100 valence electrons. The number of benzene rings is 2. The van der Waals surface area contributed by atoms with Gasteiger partial charge in [0.15, 0.2) is 0 Å². The Balaban J connectivity index is 2.27. The smallest absolute Gasteiger partial charge is 0.150 e. The Labute approximate surface area is 127 Å². The summed E-state index contributed by atoms with van der Waals surface area (Å²) >= 11 is 2.23. The van der Waals surface area contributed by atoms with E-state index >= 15 is 0 Å². The van der Waals surface area contributed by atoms with Crippen LogP contribution in [0, 0.1) is 3.57 Å². The van der Waals surface area contributed by atoms with Crippen LogP contribution in [-0.2, 0) is 6.54 Å². The molecule has 4 heteroatoms. The first-order valence-electron chi connectivity index (χ1n) is 6.02. The van der Waals surface area contributed by atoms with Crippen LogP contribution in [0.1, 0.15) is 5.56 Å². The monoisotopic (exact) mass is 366 g/mol.